The minimum Gasteiger partial charge on any atom is -0.494 e. The van der Waals surface area contributed by atoms with E-state index in [0.29, 0.717) is 17.8 Å². The minimum atomic E-state index is -0.740. The Hall–Kier alpha value is -1.88. The molecule has 4 nitrogen and oxygen atoms in total. The van der Waals surface area contributed by atoms with Crippen LogP contribution in [0.4, 0.5) is 4.39 Å². The number of benzene rings is 1. The average Bonchev–Trinajstić information content (AvgIpc) is 2.82. The summed E-state index contributed by atoms with van der Waals surface area (Å²) in [6.07, 6.45) is 2.92. The number of rotatable bonds is 4. The second kappa shape index (κ2) is 4.97. The number of aromatic amines is 1. The molecule has 1 heterocycles. The van der Waals surface area contributed by atoms with E-state index in [1.165, 1.54) is 25.3 Å². The van der Waals surface area contributed by atoms with Gasteiger partial charge in [-0.3, -0.25) is 0 Å². The highest BCUT2D eigenvalue weighted by Gasteiger charge is 2.12. The van der Waals surface area contributed by atoms with E-state index in [1.54, 1.807) is 12.4 Å². The number of halogens is 1. The van der Waals surface area contributed by atoms with Crippen LogP contribution in [0.1, 0.15) is 17.5 Å². The van der Waals surface area contributed by atoms with Crippen LogP contribution in [0.15, 0.2) is 30.6 Å². The summed E-state index contributed by atoms with van der Waals surface area (Å²) in [6.45, 7) is 0. The lowest BCUT2D eigenvalue weighted by molar-refractivity contribution is 0.175. The van der Waals surface area contributed by atoms with Gasteiger partial charge in [0, 0.05) is 18.8 Å². The van der Waals surface area contributed by atoms with Crippen molar-refractivity contribution in [1.82, 2.24) is 9.97 Å². The summed E-state index contributed by atoms with van der Waals surface area (Å²) in [5.74, 6) is 0.364. The molecule has 0 saturated carbocycles. The Balaban J connectivity index is 2.16. The fourth-order valence-electron chi connectivity index (χ4n) is 1.59. The first-order valence-corrected chi connectivity index (χ1v) is 5.20. The Bertz CT molecular complexity index is 485. The average molecular weight is 236 g/mol. The molecule has 90 valence electrons. The number of hydrogen-bond acceptors (Lipinski definition) is 3. The summed E-state index contributed by atoms with van der Waals surface area (Å²) in [6, 6.07) is 4.30. The summed E-state index contributed by atoms with van der Waals surface area (Å²) in [7, 11) is 1.39. The van der Waals surface area contributed by atoms with Gasteiger partial charge in [0.15, 0.2) is 11.6 Å². The fourth-order valence-corrected chi connectivity index (χ4v) is 1.59. The van der Waals surface area contributed by atoms with Crippen LogP contribution in [0.2, 0.25) is 0 Å². The number of hydrogen-bond donors (Lipinski definition) is 2. The molecule has 0 saturated heterocycles. The molecule has 1 unspecified atom stereocenters. The van der Waals surface area contributed by atoms with E-state index in [0.717, 1.165) is 0 Å². The van der Waals surface area contributed by atoms with E-state index in [2.05, 4.69) is 9.97 Å². The number of aromatic nitrogens is 2. The van der Waals surface area contributed by atoms with Gasteiger partial charge < -0.3 is 14.8 Å². The van der Waals surface area contributed by atoms with Gasteiger partial charge in [-0.25, -0.2) is 9.37 Å². The highest BCUT2D eigenvalue weighted by molar-refractivity contribution is 5.31. The minimum absolute atomic E-state index is 0.126. The summed E-state index contributed by atoms with van der Waals surface area (Å²) in [5.41, 5.74) is 0.597. The molecule has 1 aromatic heterocycles. The molecular formula is C12H13FN2O2. The molecule has 0 fully saturated rings. The van der Waals surface area contributed by atoms with Gasteiger partial charge in [-0.15, -0.1) is 0 Å². The van der Waals surface area contributed by atoms with Crippen molar-refractivity contribution in [3.05, 3.63) is 47.8 Å². The number of nitrogens with zero attached hydrogens (tertiary/aromatic N) is 1. The van der Waals surface area contributed by atoms with Crippen LogP contribution in [0, 0.1) is 5.82 Å². The molecule has 1 aromatic carbocycles. The zero-order valence-corrected chi connectivity index (χ0v) is 9.35. The molecule has 2 N–H and O–H groups in total. The number of ether oxygens (including phenoxy) is 1. The smallest absolute Gasteiger partial charge is 0.165 e. The van der Waals surface area contributed by atoms with E-state index in [1.807, 2.05) is 0 Å². The van der Waals surface area contributed by atoms with Crippen LogP contribution in [-0.4, -0.2) is 22.2 Å². The van der Waals surface area contributed by atoms with Gasteiger partial charge in [0.2, 0.25) is 0 Å². The Morgan fingerprint density at radius 3 is 3.00 bits per heavy atom. The van der Waals surface area contributed by atoms with E-state index in [9.17, 15) is 9.50 Å². The van der Waals surface area contributed by atoms with Crippen LogP contribution < -0.4 is 4.74 Å². The molecule has 0 aliphatic rings. The summed E-state index contributed by atoms with van der Waals surface area (Å²) in [4.78, 5) is 6.92. The predicted octanol–water partition coefficient (Wildman–Crippen LogP) is 1.83. The number of methoxy groups -OCH3 is 1. The maximum atomic E-state index is 13.2. The molecule has 0 spiro atoms. The first kappa shape index (κ1) is 11.6. The highest BCUT2D eigenvalue weighted by Crippen LogP contribution is 2.24. The van der Waals surface area contributed by atoms with Gasteiger partial charge in [-0.1, -0.05) is 6.07 Å². The van der Waals surface area contributed by atoms with Crippen LogP contribution in [0.25, 0.3) is 0 Å². The maximum Gasteiger partial charge on any atom is 0.165 e. The van der Waals surface area contributed by atoms with Gasteiger partial charge in [0.05, 0.1) is 13.2 Å². The lowest BCUT2D eigenvalue weighted by Gasteiger charge is -2.11. The molecule has 0 aliphatic carbocycles. The van der Waals surface area contributed by atoms with Gasteiger partial charge in [0.25, 0.3) is 0 Å². The molecule has 2 rings (SSSR count). The number of aliphatic hydroxyl groups excluding tert-OH is 1. The Labute approximate surface area is 98.1 Å². The largest absolute Gasteiger partial charge is 0.494 e. The third-order valence-electron chi connectivity index (χ3n) is 2.50. The van der Waals surface area contributed by atoms with Crippen molar-refractivity contribution in [2.45, 2.75) is 12.5 Å². The SMILES string of the molecule is COc1cc(C(O)Cc2ncc[nH]2)ccc1F. The normalized spacial score (nSPS) is 12.4. The lowest BCUT2D eigenvalue weighted by atomic mass is 10.1. The zero-order chi connectivity index (χ0) is 12.3. The van der Waals surface area contributed by atoms with Crippen LogP contribution in [-0.2, 0) is 6.42 Å². The first-order valence-electron chi connectivity index (χ1n) is 5.20. The Morgan fingerprint density at radius 2 is 2.35 bits per heavy atom. The van der Waals surface area contributed by atoms with Crippen LogP contribution >= 0.6 is 0 Å². The predicted molar refractivity (Wildman–Crippen MR) is 60.2 cm³/mol. The Kier molecular flexibility index (Phi) is 3.39. The summed E-state index contributed by atoms with van der Waals surface area (Å²) in [5, 5.41) is 9.97. The second-order valence-corrected chi connectivity index (χ2v) is 3.65. The molecule has 1 atom stereocenters. The third kappa shape index (κ3) is 2.62. The molecule has 0 radical (unpaired) electrons. The number of H-pyrrole nitrogens is 1. The zero-order valence-electron chi connectivity index (χ0n) is 9.35. The fraction of sp³-hybridized carbons (Fsp3) is 0.250. The monoisotopic (exact) mass is 236 g/mol. The van der Waals surface area contributed by atoms with Crippen molar-refractivity contribution in [2.75, 3.05) is 7.11 Å². The molecule has 2 aromatic rings. The molecule has 17 heavy (non-hydrogen) atoms. The number of aliphatic hydroxyl groups is 1. The second-order valence-electron chi connectivity index (χ2n) is 3.65. The van der Waals surface area contributed by atoms with E-state index in [4.69, 9.17) is 4.74 Å². The van der Waals surface area contributed by atoms with Crippen molar-refractivity contribution in [2.24, 2.45) is 0 Å². The van der Waals surface area contributed by atoms with Gasteiger partial charge in [-0.05, 0) is 17.7 Å². The molecule has 0 amide bonds. The molecule has 0 bridgehead atoms. The van der Waals surface area contributed by atoms with E-state index >= 15 is 0 Å². The van der Waals surface area contributed by atoms with Crippen molar-refractivity contribution in [3.63, 3.8) is 0 Å². The van der Waals surface area contributed by atoms with Crippen molar-refractivity contribution in [3.8, 4) is 5.75 Å². The standard InChI is InChI=1S/C12H13FN2O2/c1-17-11-6-8(2-3-9(11)13)10(16)7-12-14-4-5-15-12/h2-6,10,16H,7H2,1H3,(H,14,15). The summed E-state index contributed by atoms with van der Waals surface area (Å²) < 4.78 is 18.0. The molecule has 5 heteroatoms. The molecule has 0 aliphatic heterocycles. The maximum absolute atomic E-state index is 13.2. The third-order valence-corrected chi connectivity index (χ3v) is 2.50. The van der Waals surface area contributed by atoms with Crippen LogP contribution in [0.3, 0.4) is 0 Å². The molecular weight excluding hydrogens is 223 g/mol. The Morgan fingerprint density at radius 1 is 1.53 bits per heavy atom. The van der Waals surface area contributed by atoms with Gasteiger partial charge in [0.1, 0.15) is 5.82 Å². The first-order chi connectivity index (χ1) is 8.20. The van der Waals surface area contributed by atoms with Crippen molar-refractivity contribution < 1.29 is 14.2 Å². The van der Waals surface area contributed by atoms with E-state index < -0.39 is 11.9 Å². The van der Waals surface area contributed by atoms with E-state index in [-0.39, 0.29) is 5.75 Å². The number of nitrogens with one attached hydrogen (secondary N) is 1. The topological polar surface area (TPSA) is 58.1 Å². The summed E-state index contributed by atoms with van der Waals surface area (Å²) >= 11 is 0. The van der Waals surface area contributed by atoms with Gasteiger partial charge >= 0.3 is 0 Å². The number of imidazole rings is 1. The van der Waals surface area contributed by atoms with Crippen LogP contribution in [0.5, 0.6) is 5.75 Å². The van der Waals surface area contributed by atoms with Crippen molar-refractivity contribution >= 4 is 0 Å². The lowest BCUT2D eigenvalue weighted by Crippen LogP contribution is -2.04. The highest BCUT2D eigenvalue weighted by atomic mass is 19.1. The van der Waals surface area contributed by atoms with Crippen molar-refractivity contribution in [1.29, 1.82) is 0 Å². The quantitative estimate of drug-likeness (QED) is 0.851. The van der Waals surface area contributed by atoms with Gasteiger partial charge in [-0.2, -0.15) is 0 Å².